The lowest BCUT2D eigenvalue weighted by molar-refractivity contribution is -0.112. The van der Waals surface area contributed by atoms with Crippen LogP contribution in [0.2, 0.25) is 5.02 Å². The van der Waals surface area contributed by atoms with Crippen LogP contribution in [-0.4, -0.2) is 12.2 Å². The van der Waals surface area contributed by atoms with E-state index in [9.17, 15) is 9.59 Å². The summed E-state index contributed by atoms with van der Waals surface area (Å²) < 4.78 is 0. The predicted octanol–water partition coefficient (Wildman–Crippen LogP) is 0.989. The van der Waals surface area contributed by atoms with Crippen molar-refractivity contribution in [2.75, 3.05) is 0 Å². The van der Waals surface area contributed by atoms with Crippen LogP contribution in [0.4, 0.5) is 0 Å². The third-order valence-corrected chi connectivity index (χ3v) is 1.70. The summed E-state index contributed by atoms with van der Waals surface area (Å²) in [6, 6.07) is 4.60. The van der Waals surface area contributed by atoms with Gasteiger partial charge in [-0.2, -0.15) is 0 Å². The van der Waals surface area contributed by atoms with E-state index in [1.807, 2.05) is 0 Å². The number of halogens is 1. The molecule has 4 heteroatoms. The molecule has 0 saturated heterocycles. The minimum atomic E-state index is -0.748. The number of benzene rings is 1. The first-order valence-electron chi connectivity index (χ1n) is 3.69. The highest BCUT2D eigenvalue weighted by molar-refractivity contribution is 6.30. The van der Waals surface area contributed by atoms with E-state index >= 15 is 0 Å². The number of primary amides is 1. The number of hydrogen-bond acceptors (Lipinski definition) is 2. The number of amides is 1. The fourth-order valence-corrected chi connectivity index (χ4v) is 1.04. The number of rotatable bonds is 1. The molecule has 0 aromatic heterocycles. The molecule has 1 rings (SSSR count). The van der Waals surface area contributed by atoms with Gasteiger partial charge in [0.1, 0.15) is 0 Å². The molecule has 0 atom stereocenters. The van der Waals surface area contributed by atoms with Crippen molar-refractivity contribution in [2.45, 2.75) is 0 Å². The molecule has 0 aliphatic rings. The van der Waals surface area contributed by atoms with E-state index in [0.717, 1.165) is 0 Å². The molecule has 3 nitrogen and oxygen atoms in total. The van der Waals surface area contributed by atoms with Crippen molar-refractivity contribution >= 4 is 23.8 Å². The van der Waals surface area contributed by atoms with Gasteiger partial charge in [0.15, 0.2) is 6.29 Å². The lowest BCUT2D eigenvalue weighted by atomic mass is 10.1. The molecule has 2 N–H and O–H groups in total. The Morgan fingerprint density at radius 3 is 2.79 bits per heavy atom. The Labute approximate surface area is 85.9 Å². The third kappa shape index (κ3) is 2.61. The number of aldehydes is 1. The van der Waals surface area contributed by atoms with Gasteiger partial charge in [-0.1, -0.05) is 17.5 Å². The lowest BCUT2D eigenvalue weighted by Gasteiger charge is -1.96. The Kier molecular flexibility index (Phi) is 3.27. The van der Waals surface area contributed by atoms with Gasteiger partial charge in [0, 0.05) is 22.1 Å². The Bertz CT molecular complexity index is 443. The maximum absolute atomic E-state index is 10.6. The van der Waals surface area contributed by atoms with Gasteiger partial charge < -0.3 is 5.73 Å². The van der Waals surface area contributed by atoms with Gasteiger partial charge in [-0.05, 0) is 18.2 Å². The molecule has 0 radical (unpaired) electrons. The average Bonchev–Trinajstić information content (AvgIpc) is 2.15. The van der Waals surface area contributed by atoms with Crippen LogP contribution in [0.25, 0.3) is 0 Å². The molecule has 0 aliphatic carbocycles. The SMILES string of the molecule is NC(=O)C#Cc1cc(Cl)ccc1C=O. The summed E-state index contributed by atoms with van der Waals surface area (Å²) in [7, 11) is 0. The molecule has 1 aromatic rings. The number of carbonyl (C=O) groups is 2. The number of hydrogen-bond donors (Lipinski definition) is 1. The Morgan fingerprint density at radius 2 is 2.21 bits per heavy atom. The van der Waals surface area contributed by atoms with E-state index in [-0.39, 0.29) is 0 Å². The maximum Gasteiger partial charge on any atom is 0.293 e. The van der Waals surface area contributed by atoms with Gasteiger partial charge in [-0.3, -0.25) is 9.59 Å². The first-order valence-corrected chi connectivity index (χ1v) is 4.07. The standard InChI is InChI=1S/C10H6ClNO2/c11-9-3-1-8(6-13)7(5-9)2-4-10(12)14/h1,3,5-6H,(H2,12,14). The zero-order valence-corrected chi connectivity index (χ0v) is 7.84. The van der Waals surface area contributed by atoms with Crippen LogP contribution < -0.4 is 5.73 Å². The first kappa shape index (κ1) is 10.3. The average molecular weight is 208 g/mol. The van der Waals surface area contributed by atoms with E-state index in [4.69, 9.17) is 17.3 Å². The van der Waals surface area contributed by atoms with E-state index in [2.05, 4.69) is 11.8 Å². The fraction of sp³-hybridized carbons (Fsp3) is 0. The van der Waals surface area contributed by atoms with Crippen LogP contribution in [0.15, 0.2) is 18.2 Å². The van der Waals surface area contributed by atoms with E-state index in [0.29, 0.717) is 22.4 Å². The Hall–Kier alpha value is -1.79. The van der Waals surface area contributed by atoms with Crippen molar-refractivity contribution in [1.29, 1.82) is 0 Å². The largest absolute Gasteiger partial charge is 0.359 e. The van der Waals surface area contributed by atoms with Crippen molar-refractivity contribution < 1.29 is 9.59 Å². The van der Waals surface area contributed by atoms with Crippen molar-refractivity contribution in [2.24, 2.45) is 5.73 Å². The van der Waals surface area contributed by atoms with Crippen LogP contribution >= 0.6 is 11.6 Å². The molecular weight excluding hydrogens is 202 g/mol. The molecule has 0 aliphatic heterocycles. The number of nitrogens with two attached hydrogens (primary N) is 1. The van der Waals surface area contributed by atoms with E-state index in [1.54, 1.807) is 6.07 Å². The molecule has 0 spiro atoms. The van der Waals surface area contributed by atoms with Gasteiger partial charge in [-0.25, -0.2) is 0 Å². The van der Waals surface area contributed by atoms with Crippen LogP contribution in [0.1, 0.15) is 15.9 Å². The highest BCUT2D eigenvalue weighted by atomic mass is 35.5. The molecule has 0 heterocycles. The second-order valence-corrected chi connectivity index (χ2v) is 2.90. The molecule has 0 fully saturated rings. The molecular formula is C10H6ClNO2. The van der Waals surface area contributed by atoms with E-state index in [1.165, 1.54) is 12.1 Å². The summed E-state index contributed by atoms with van der Waals surface area (Å²) in [6.07, 6.45) is 0.640. The molecule has 0 bridgehead atoms. The van der Waals surface area contributed by atoms with Gasteiger partial charge >= 0.3 is 0 Å². The smallest absolute Gasteiger partial charge is 0.293 e. The van der Waals surface area contributed by atoms with Crippen molar-refractivity contribution in [3.8, 4) is 11.8 Å². The topological polar surface area (TPSA) is 60.2 Å². The summed E-state index contributed by atoms with van der Waals surface area (Å²) in [5.74, 6) is 3.85. The Balaban J connectivity index is 3.19. The van der Waals surface area contributed by atoms with Crippen molar-refractivity contribution in [3.05, 3.63) is 34.3 Å². The summed E-state index contributed by atoms with van der Waals surface area (Å²) >= 11 is 5.69. The maximum atomic E-state index is 10.6. The molecule has 1 amide bonds. The van der Waals surface area contributed by atoms with Crippen molar-refractivity contribution in [1.82, 2.24) is 0 Å². The van der Waals surface area contributed by atoms with Crippen molar-refractivity contribution in [3.63, 3.8) is 0 Å². The van der Waals surface area contributed by atoms with Crippen LogP contribution in [0, 0.1) is 11.8 Å². The van der Waals surface area contributed by atoms with E-state index < -0.39 is 5.91 Å². The van der Waals surface area contributed by atoms with Gasteiger partial charge in [0.25, 0.3) is 5.91 Å². The van der Waals surface area contributed by atoms with Gasteiger partial charge in [0.05, 0.1) is 0 Å². The molecule has 70 valence electrons. The summed E-state index contributed by atoms with van der Waals surface area (Å²) in [6.45, 7) is 0. The predicted molar refractivity (Wildman–Crippen MR) is 52.9 cm³/mol. The highest BCUT2D eigenvalue weighted by Crippen LogP contribution is 2.13. The Morgan fingerprint density at radius 1 is 1.50 bits per heavy atom. The molecule has 0 saturated carbocycles. The second kappa shape index (κ2) is 4.45. The quantitative estimate of drug-likeness (QED) is 0.552. The zero-order chi connectivity index (χ0) is 10.6. The fourth-order valence-electron chi connectivity index (χ4n) is 0.868. The van der Waals surface area contributed by atoms with Gasteiger partial charge in [0.2, 0.25) is 0 Å². The third-order valence-electron chi connectivity index (χ3n) is 1.46. The monoisotopic (exact) mass is 207 g/mol. The zero-order valence-electron chi connectivity index (χ0n) is 7.08. The van der Waals surface area contributed by atoms with Crippen LogP contribution in [0.5, 0.6) is 0 Å². The molecule has 14 heavy (non-hydrogen) atoms. The van der Waals surface area contributed by atoms with Gasteiger partial charge in [-0.15, -0.1) is 0 Å². The van der Waals surface area contributed by atoms with Crippen LogP contribution in [0.3, 0.4) is 0 Å². The minimum absolute atomic E-state index is 0.378. The molecule has 0 unspecified atom stereocenters. The van der Waals surface area contributed by atoms with Crippen LogP contribution in [-0.2, 0) is 4.79 Å². The summed E-state index contributed by atoms with van der Waals surface area (Å²) in [4.78, 5) is 20.9. The number of carbonyl (C=O) groups excluding carboxylic acids is 2. The molecule has 1 aromatic carbocycles. The normalized spacial score (nSPS) is 8.64. The summed E-state index contributed by atoms with van der Waals surface area (Å²) in [5.41, 5.74) is 5.61. The first-order chi connectivity index (χ1) is 6.63. The summed E-state index contributed by atoms with van der Waals surface area (Å²) in [5, 5.41) is 0.448. The lowest BCUT2D eigenvalue weighted by Crippen LogP contribution is -2.06. The highest BCUT2D eigenvalue weighted by Gasteiger charge is 1.99. The second-order valence-electron chi connectivity index (χ2n) is 2.46. The minimum Gasteiger partial charge on any atom is -0.359 e.